The first-order valence-electron chi connectivity index (χ1n) is 7.47. The van der Waals surface area contributed by atoms with Crippen LogP contribution in [-0.4, -0.2) is 41.4 Å². The molecule has 1 spiro atoms. The number of aryl methyl sites for hydroxylation is 2. The zero-order valence-corrected chi connectivity index (χ0v) is 13.5. The Labute approximate surface area is 132 Å². The van der Waals surface area contributed by atoms with Crippen LogP contribution < -0.4 is 10.6 Å². The molecular weight excluding hydrogens is 302 g/mol. The van der Waals surface area contributed by atoms with Gasteiger partial charge in [0.1, 0.15) is 5.54 Å². The number of nitrogens with one attached hydrogen (secondary N) is 2. The summed E-state index contributed by atoms with van der Waals surface area (Å²) >= 11 is 1.50. The van der Waals surface area contributed by atoms with E-state index < -0.39 is 11.6 Å². The highest BCUT2D eigenvalue weighted by atomic mass is 32.1. The van der Waals surface area contributed by atoms with Gasteiger partial charge < -0.3 is 10.2 Å². The number of hydrogen-bond acceptors (Lipinski definition) is 4. The van der Waals surface area contributed by atoms with Gasteiger partial charge >= 0.3 is 6.03 Å². The summed E-state index contributed by atoms with van der Waals surface area (Å²) in [7, 11) is 0. The molecule has 1 aromatic heterocycles. The van der Waals surface area contributed by atoms with Crippen molar-refractivity contribution in [3.05, 3.63) is 21.4 Å². The van der Waals surface area contributed by atoms with Crippen molar-refractivity contribution < 1.29 is 14.4 Å². The highest BCUT2D eigenvalue weighted by molar-refractivity contribution is 7.14. The van der Waals surface area contributed by atoms with Crippen LogP contribution in [-0.2, 0) is 11.2 Å². The monoisotopic (exact) mass is 321 g/mol. The summed E-state index contributed by atoms with van der Waals surface area (Å²) < 4.78 is 0. The van der Waals surface area contributed by atoms with Crippen LogP contribution in [0, 0.1) is 6.92 Å². The standard InChI is InChI=1S/C15H19N3O3S/c1-3-4-10-7-11(22-9(10)2)12(19)18-6-5-15(8-18)13(20)16-14(21)17-15/h7H,3-6,8H2,1-2H3,(H2,16,17,20,21)/t15-/m0/s1. The van der Waals surface area contributed by atoms with Crippen LogP contribution in [0.1, 0.15) is 39.9 Å². The molecule has 7 heteroatoms. The van der Waals surface area contributed by atoms with Crippen LogP contribution in [0.15, 0.2) is 6.07 Å². The molecule has 3 heterocycles. The Balaban J connectivity index is 1.76. The Morgan fingerprint density at radius 3 is 2.86 bits per heavy atom. The Bertz CT molecular complexity index is 654. The average molecular weight is 321 g/mol. The van der Waals surface area contributed by atoms with Gasteiger partial charge in [0.05, 0.1) is 11.4 Å². The second-order valence-corrected chi connectivity index (χ2v) is 7.17. The number of nitrogens with zero attached hydrogens (tertiary/aromatic N) is 1. The average Bonchev–Trinajstić information content (AvgIpc) is 3.11. The number of thiophene rings is 1. The summed E-state index contributed by atoms with van der Waals surface area (Å²) in [5, 5.41) is 4.92. The molecule has 3 rings (SSSR count). The zero-order valence-electron chi connectivity index (χ0n) is 12.7. The number of carbonyl (C=O) groups excluding carboxylic acids is 3. The second-order valence-electron chi connectivity index (χ2n) is 5.91. The summed E-state index contributed by atoms with van der Waals surface area (Å²) in [5.74, 6) is -0.386. The fraction of sp³-hybridized carbons (Fsp3) is 0.533. The van der Waals surface area contributed by atoms with E-state index in [1.54, 1.807) is 4.90 Å². The second kappa shape index (κ2) is 5.39. The lowest BCUT2D eigenvalue weighted by molar-refractivity contribution is -0.123. The summed E-state index contributed by atoms with van der Waals surface area (Å²) in [5.41, 5.74) is 0.280. The molecule has 22 heavy (non-hydrogen) atoms. The van der Waals surface area contributed by atoms with Crippen LogP contribution in [0.25, 0.3) is 0 Å². The van der Waals surface area contributed by atoms with Crippen molar-refractivity contribution >= 4 is 29.2 Å². The predicted octanol–water partition coefficient (Wildman–Crippen LogP) is 1.43. The fourth-order valence-electron chi connectivity index (χ4n) is 3.10. The van der Waals surface area contributed by atoms with Gasteiger partial charge in [0.2, 0.25) is 0 Å². The molecular formula is C15H19N3O3S. The van der Waals surface area contributed by atoms with E-state index in [1.807, 2.05) is 13.0 Å². The number of amides is 4. The van der Waals surface area contributed by atoms with E-state index in [1.165, 1.54) is 21.8 Å². The van der Waals surface area contributed by atoms with Gasteiger partial charge in [-0.1, -0.05) is 13.3 Å². The lowest BCUT2D eigenvalue weighted by atomic mass is 10.00. The first-order valence-corrected chi connectivity index (χ1v) is 8.29. The highest BCUT2D eigenvalue weighted by Gasteiger charge is 2.51. The quantitative estimate of drug-likeness (QED) is 0.827. The number of urea groups is 1. The lowest BCUT2D eigenvalue weighted by Gasteiger charge is -2.20. The fourth-order valence-corrected chi connectivity index (χ4v) is 4.14. The molecule has 4 amide bonds. The number of hydrogen-bond donors (Lipinski definition) is 2. The van der Waals surface area contributed by atoms with Crippen LogP contribution >= 0.6 is 11.3 Å². The highest BCUT2D eigenvalue weighted by Crippen LogP contribution is 2.29. The van der Waals surface area contributed by atoms with Gasteiger partial charge in [-0.15, -0.1) is 11.3 Å². The largest absolute Gasteiger partial charge is 0.335 e. The Hall–Kier alpha value is -1.89. The maximum atomic E-state index is 12.6. The van der Waals surface area contributed by atoms with Crippen molar-refractivity contribution in [1.82, 2.24) is 15.5 Å². The van der Waals surface area contributed by atoms with Gasteiger partial charge in [0, 0.05) is 11.4 Å². The van der Waals surface area contributed by atoms with E-state index in [4.69, 9.17) is 0 Å². The van der Waals surface area contributed by atoms with Crippen molar-refractivity contribution in [3.8, 4) is 0 Å². The van der Waals surface area contributed by atoms with Gasteiger partial charge in [-0.2, -0.15) is 0 Å². The topological polar surface area (TPSA) is 78.5 Å². The lowest BCUT2D eigenvalue weighted by Crippen LogP contribution is -2.49. The molecule has 0 bridgehead atoms. The molecule has 118 valence electrons. The zero-order chi connectivity index (χ0) is 15.9. The van der Waals surface area contributed by atoms with Crippen LogP contribution in [0.3, 0.4) is 0 Å². The molecule has 1 aromatic rings. The molecule has 2 aliphatic rings. The van der Waals surface area contributed by atoms with Crippen molar-refractivity contribution in [1.29, 1.82) is 0 Å². The van der Waals surface area contributed by atoms with Gasteiger partial charge in [0.15, 0.2) is 0 Å². The molecule has 1 atom stereocenters. The van der Waals surface area contributed by atoms with Crippen LogP contribution in [0.4, 0.5) is 4.79 Å². The molecule has 2 aliphatic heterocycles. The van der Waals surface area contributed by atoms with E-state index in [-0.39, 0.29) is 18.4 Å². The van der Waals surface area contributed by atoms with Gasteiger partial charge in [0.25, 0.3) is 11.8 Å². The van der Waals surface area contributed by atoms with E-state index in [0.29, 0.717) is 17.8 Å². The van der Waals surface area contributed by atoms with E-state index >= 15 is 0 Å². The third kappa shape index (κ3) is 2.39. The molecule has 0 saturated carbocycles. The smallest absolute Gasteiger partial charge is 0.322 e. The van der Waals surface area contributed by atoms with Crippen LogP contribution in [0.2, 0.25) is 0 Å². The maximum absolute atomic E-state index is 12.6. The number of rotatable bonds is 3. The summed E-state index contributed by atoms with van der Waals surface area (Å²) in [4.78, 5) is 39.4. The molecule has 0 aliphatic carbocycles. The molecule has 2 saturated heterocycles. The minimum Gasteiger partial charge on any atom is -0.335 e. The summed E-state index contributed by atoms with van der Waals surface area (Å²) in [6, 6.07) is 1.49. The van der Waals surface area contributed by atoms with Gasteiger partial charge in [-0.05, 0) is 31.4 Å². The normalized spacial score (nSPS) is 24.0. The Kier molecular flexibility index (Phi) is 3.68. The first-order chi connectivity index (χ1) is 10.4. The maximum Gasteiger partial charge on any atom is 0.322 e. The van der Waals surface area contributed by atoms with Crippen molar-refractivity contribution in [2.75, 3.05) is 13.1 Å². The number of carbonyl (C=O) groups is 3. The minimum absolute atomic E-state index is 0.0544. The predicted molar refractivity (Wildman–Crippen MR) is 83.0 cm³/mol. The summed E-state index contributed by atoms with van der Waals surface area (Å²) in [6.07, 6.45) is 2.48. The third-order valence-corrected chi connectivity index (χ3v) is 5.40. The Morgan fingerprint density at radius 2 is 2.23 bits per heavy atom. The third-order valence-electron chi connectivity index (χ3n) is 4.32. The van der Waals surface area contributed by atoms with Gasteiger partial charge in [-0.3, -0.25) is 14.9 Å². The molecule has 6 nitrogen and oxygen atoms in total. The molecule has 2 N–H and O–H groups in total. The van der Waals surface area contributed by atoms with Crippen LogP contribution in [0.5, 0.6) is 0 Å². The van der Waals surface area contributed by atoms with Gasteiger partial charge in [-0.25, -0.2) is 4.79 Å². The molecule has 0 radical (unpaired) electrons. The van der Waals surface area contributed by atoms with Crippen molar-refractivity contribution in [3.63, 3.8) is 0 Å². The molecule has 2 fully saturated rings. The summed E-state index contributed by atoms with van der Waals surface area (Å²) in [6.45, 7) is 4.86. The minimum atomic E-state index is -0.939. The van der Waals surface area contributed by atoms with Crippen molar-refractivity contribution in [2.24, 2.45) is 0 Å². The number of imide groups is 1. The number of likely N-dealkylation sites (tertiary alicyclic amines) is 1. The van der Waals surface area contributed by atoms with E-state index in [0.717, 1.165) is 12.8 Å². The van der Waals surface area contributed by atoms with E-state index in [2.05, 4.69) is 17.6 Å². The van der Waals surface area contributed by atoms with Crippen molar-refractivity contribution in [2.45, 2.75) is 38.6 Å². The first kappa shape index (κ1) is 15.0. The molecule has 0 aromatic carbocycles. The molecule has 0 unspecified atom stereocenters. The SMILES string of the molecule is CCCc1cc(C(=O)N2CC[C@@]3(C2)NC(=O)NC3=O)sc1C. The Morgan fingerprint density at radius 1 is 1.45 bits per heavy atom. The van der Waals surface area contributed by atoms with E-state index in [9.17, 15) is 14.4 Å².